The standard InChI is InChI=1S/C29H35ClN8O/c1-7-24(39)36-15-29(16-36)12-20(13-29)38-19(4)25(26-21-14-31-32-22(21)10-17(2)27(26)30)28(34-38)23-11-18(3)33-37(23)9-8-35(5)6/h7,10-11,14,20H,1,8-9,12-13,15-16H2,2-6H3,(H,31,32). The van der Waals surface area contributed by atoms with Crippen molar-refractivity contribution in [2.45, 2.75) is 46.2 Å². The van der Waals surface area contributed by atoms with Crippen LogP contribution in [0.15, 0.2) is 31.0 Å². The first-order valence-electron chi connectivity index (χ1n) is 13.4. The van der Waals surface area contributed by atoms with Gasteiger partial charge in [-0.15, -0.1) is 0 Å². The Morgan fingerprint density at radius 2 is 1.95 bits per heavy atom. The van der Waals surface area contributed by atoms with E-state index in [1.165, 1.54) is 6.08 Å². The van der Waals surface area contributed by atoms with Crippen LogP contribution in [0.2, 0.25) is 5.02 Å². The topological polar surface area (TPSA) is 87.9 Å². The summed E-state index contributed by atoms with van der Waals surface area (Å²) in [5.74, 6) is 0.0171. The van der Waals surface area contributed by atoms with Crippen LogP contribution in [0.5, 0.6) is 0 Å². The zero-order valence-corrected chi connectivity index (χ0v) is 24.0. The molecule has 0 bridgehead atoms. The molecule has 0 radical (unpaired) electrons. The van der Waals surface area contributed by atoms with Crippen molar-refractivity contribution in [1.82, 2.24) is 39.6 Å². The van der Waals surface area contributed by atoms with Crippen LogP contribution < -0.4 is 0 Å². The third kappa shape index (κ3) is 4.19. The Hall–Kier alpha value is -3.43. The molecule has 9 nitrogen and oxygen atoms in total. The van der Waals surface area contributed by atoms with E-state index in [1.54, 1.807) is 0 Å². The van der Waals surface area contributed by atoms with Crippen LogP contribution in [0.3, 0.4) is 0 Å². The largest absolute Gasteiger partial charge is 0.338 e. The number of amides is 1. The Morgan fingerprint density at radius 3 is 2.64 bits per heavy atom. The van der Waals surface area contributed by atoms with Gasteiger partial charge in [0.05, 0.1) is 40.7 Å². The number of carbonyl (C=O) groups is 1. The molecule has 4 heterocycles. The van der Waals surface area contributed by atoms with E-state index in [4.69, 9.17) is 21.8 Å². The van der Waals surface area contributed by atoms with Gasteiger partial charge >= 0.3 is 0 Å². The van der Waals surface area contributed by atoms with Gasteiger partial charge < -0.3 is 9.80 Å². The fraction of sp³-hybridized carbons (Fsp3) is 0.448. The molecule has 3 aromatic heterocycles. The Balaban J connectivity index is 1.46. The van der Waals surface area contributed by atoms with Crippen molar-refractivity contribution in [1.29, 1.82) is 0 Å². The van der Waals surface area contributed by atoms with Crippen molar-refractivity contribution in [3.05, 3.63) is 53.0 Å². The average molecular weight is 547 g/mol. The van der Waals surface area contributed by atoms with Crippen LogP contribution in [0, 0.1) is 26.2 Å². The van der Waals surface area contributed by atoms with Crippen molar-refractivity contribution in [2.75, 3.05) is 33.7 Å². The van der Waals surface area contributed by atoms with E-state index in [0.717, 1.165) is 89.4 Å². The van der Waals surface area contributed by atoms with Crippen molar-refractivity contribution in [3.63, 3.8) is 0 Å². The molecular formula is C29H35ClN8O. The molecule has 1 aliphatic carbocycles. The summed E-state index contributed by atoms with van der Waals surface area (Å²) in [6.45, 7) is 13.0. The number of fused-ring (bicyclic) bond motifs is 1. The van der Waals surface area contributed by atoms with E-state index < -0.39 is 0 Å². The summed E-state index contributed by atoms with van der Waals surface area (Å²) < 4.78 is 4.26. The first-order chi connectivity index (χ1) is 18.6. The number of H-pyrrole nitrogens is 1. The van der Waals surface area contributed by atoms with Crippen LogP contribution >= 0.6 is 11.6 Å². The molecule has 1 saturated carbocycles. The summed E-state index contributed by atoms with van der Waals surface area (Å²) in [6.07, 6.45) is 5.25. The van der Waals surface area contributed by atoms with Gasteiger partial charge in [-0.3, -0.25) is 19.3 Å². The number of rotatable bonds is 7. The molecule has 0 unspecified atom stereocenters. The lowest BCUT2D eigenvalue weighted by Gasteiger charge is -2.58. The van der Waals surface area contributed by atoms with Crippen molar-refractivity contribution in [2.24, 2.45) is 5.41 Å². The number of likely N-dealkylation sites (tertiary alicyclic amines) is 1. The van der Waals surface area contributed by atoms with Crippen LogP contribution in [0.25, 0.3) is 33.4 Å². The lowest BCUT2D eigenvalue weighted by molar-refractivity contribution is -0.149. The minimum Gasteiger partial charge on any atom is -0.338 e. The minimum atomic E-state index is 0.0171. The number of benzene rings is 1. The maximum absolute atomic E-state index is 12.0. The highest BCUT2D eigenvalue weighted by Crippen LogP contribution is 2.55. The molecule has 1 amide bonds. The van der Waals surface area contributed by atoms with Gasteiger partial charge in [0, 0.05) is 47.3 Å². The molecule has 1 aliphatic heterocycles. The predicted molar refractivity (Wildman–Crippen MR) is 154 cm³/mol. The minimum absolute atomic E-state index is 0.0171. The third-order valence-corrected chi connectivity index (χ3v) is 8.88. The fourth-order valence-electron chi connectivity index (χ4n) is 6.42. The van der Waals surface area contributed by atoms with Gasteiger partial charge in [-0.05, 0) is 71.5 Å². The average Bonchev–Trinajstić information content (AvgIpc) is 3.54. The summed E-state index contributed by atoms with van der Waals surface area (Å²) in [7, 11) is 4.14. The highest BCUT2D eigenvalue weighted by Gasteiger charge is 2.54. The van der Waals surface area contributed by atoms with Crippen LogP contribution in [0.1, 0.15) is 35.8 Å². The molecule has 6 rings (SSSR count). The fourth-order valence-corrected chi connectivity index (χ4v) is 6.67. The molecule has 39 heavy (non-hydrogen) atoms. The second-order valence-electron chi connectivity index (χ2n) is 11.6. The Morgan fingerprint density at radius 1 is 1.21 bits per heavy atom. The molecule has 204 valence electrons. The highest BCUT2D eigenvalue weighted by molar-refractivity contribution is 6.36. The van der Waals surface area contributed by atoms with Crippen molar-refractivity contribution >= 4 is 28.4 Å². The Labute approximate surface area is 233 Å². The summed E-state index contributed by atoms with van der Waals surface area (Å²) in [5, 5.41) is 19.3. The predicted octanol–water partition coefficient (Wildman–Crippen LogP) is 4.78. The number of hydrogen-bond donors (Lipinski definition) is 1. The van der Waals surface area contributed by atoms with E-state index >= 15 is 0 Å². The first-order valence-corrected chi connectivity index (χ1v) is 13.8. The number of aromatic nitrogens is 6. The SMILES string of the molecule is C=CC(=O)N1CC2(CC(n3nc(-c4cc(C)nn4CCN(C)C)c(-c4c(Cl)c(C)cc5[nH]ncc45)c3C)C2)C1. The third-order valence-electron chi connectivity index (χ3n) is 8.39. The molecule has 10 heteroatoms. The number of aryl methyl sites for hydroxylation is 2. The van der Waals surface area contributed by atoms with E-state index in [9.17, 15) is 4.79 Å². The van der Waals surface area contributed by atoms with Crippen LogP contribution in [-0.2, 0) is 11.3 Å². The number of likely N-dealkylation sites (N-methyl/N-ethyl adjacent to an activating group) is 1. The number of hydrogen-bond acceptors (Lipinski definition) is 5. The van der Waals surface area contributed by atoms with Gasteiger partial charge in [-0.25, -0.2) is 0 Å². The highest BCUT2D eigenvalue weighted by atomic mass is 35.5. The first kappa shape index (κ1) is 25.8. The van der Waals surface area contributed by atoms with E-state index in [2.05, 4.69) is 58.1 Å². The lowest BCUT2D eigenvalue weighted by Crippen LogP contribution is -2.63. The van der Waals surface area contributed by atoms with Gasteiger partial charge in [0.25, 0.3) is 0 Å². The maximum atomic E-state index is 12.0. The van der Waals surface area contributed by atoms with Crippen molar-refractivity contribution < 1.29 is 4.79 Å². The van der Waals surface area contributed by atoms with E-state index in [-0.39, 0.29) is 17.4 Å². The molecular weight excluding hydrogens is 512 g/mol. The zero-order valence-electron chi connectivity index (χ0n) is 23.3. The van der Waals surface area contributed by atoms with Crippen molar-refractivity contribution in [3.8, 4) is 22.5 Å². The molecule has 1 saturated heterocycles. The van der Waals surface area contributed by atoms with E-state index in [1.807, 2.05) is 31.0 Å². The van der Waals surface area contributed by atoms with Crippen LogP contribution in [-0.4, -0.2) is 79.2 Å². The molecule has 1 spiro atoms. The monoisotopic (exact) mass is 546 g/mol. The molecule has 1 aromatic carbocycles. The number of nitrogens with one attached hydrogen (secondary N) is 1. The second kappa shape index (κ2) is 9.34. The molecule has 1 N–H and O–H groups in total. The van der Waals surface area contributed by atoms with Gasteiger partial charge in [0.1, 0.15) is 5.69 Å². The lowest BCUT2D eigenvalue weighted by atomic mass is 9.60. The second-order valence-corrected chi connectivity index (χ2v) is 12.0. The summed E-state index contributed by atoms with van der Waals surface area (Å²) in [4.78, 5) is 16.1. The van der Waals surface area contributed by atoms with Gasteiger partial charge in [-0.1, -0.05) is 18.2 Å². The van der Waals surface area contributed by atoms with Crippen LogP contribution in [0.4, 0.5) is 0 Å². The smallest absolute Gasteiger partial charge is 0.245 e. The normalized spacial score (nSPS) is 16.7. The number of nitrogens with zero attached hydrogens (tertiary/aromatic N) is 7. The molecule has 0 atom stereocenters. The number of aromatic amines is 1. The molecule has 4 aromatic rings. The van der Waals surface area contributed by atoms with Gasteiger partial charge in [-0.2, -0.15) is 15.3 Å². The van der Waals surface area contributed by atoms with Gasteiger partial charge in [0.2, 0.25) is 5.91 Å². The summed E-state index contributed by atoms with van der Waals surface area (Å²) in [5.41, 5.74) is 8.02. The van der Waals surface area contributed by atoms with E-state index in [0.29, 0.717) is 5.02 Å². The maximum Gasteiger partial charge on any atom is 0.245 e. The Kier molecular flexibility index (Phi) is 6.19. The zero-order chi connectivity index (χ0) is 27.6. The number of carbonyl (C=O) groups excluding carboxylic acids is 1. The molecule has 2 aliphatic rings. The van der Waals surface area contributed by atoms with Gasteiger partial charge in [0.15, 0.2) is 0 Å². The summed E-state index contributed by atoms with van der Waals surface area (Å²) in [6, 6.07) is 4.43. The summed E-state index contributed by atoms with van der Waals surface area (Å²) >= 11 is 7.06. The molecule has 2 fully saturated rings. The Bertz CT molecular complexity index is 1590. The quantitative estimate of drug-likeness (QED) is 0.337. The number of halogens is 1.